The second-order valence-corrected chi connectivity index (χ2v) is 10.1. The van der Waals surface area contributed by atoms with Crippen molar-refractivity contribution < 1.29 is 19.0 Å². The molecule has 0 aromatic carbocycles. The van der Waals surface area contributed by atoms with Gasteiger partial charge in [-0.15, -0.1) is 0 Å². The van der Waals surface area contributed by atoms with E-state index in [1.54, 1.807) is 4.90 Å². The molecule has 2 aromatic heterocycles. The van der Waals surface area contributed by atoms with E-state index in [0.29, 0.717) is 25.5 Å². The van der Waals surface area contributed by atoms with Crippen molar-refractivity contribution in [1.82, 2.24) is 24.3 Å². The van der Waals surface area contributed by atoms with E-state index in [9.17, 15) is 4.79 Å². The molecular formula is C22H32N6O4. The summed E-state index contributed by atoms with van der Waals surface area (Å²) in [6.07, 6.45) is 5.22. The Bertz CT molecular complexity index is 996. The summed E-state index contributed by atoms with van der Waals surface area (Å²) >= 11 is 0. The number of nitrogens with zero attached hydrogens (tertiary/aromatic N) is 5. The molecule has 5 rings (SSSR count). The maximum atomic E-state index is 12.3. The fraction of sp³-hybridized carbons (Fsp3) is 0.682. The molecule has 2 N–H and O–H groups in total. The van der Waals surface area contributed by atoms with Gasteiger partial charge in [0.25, 0.3) is 0 Å². The minimum atomic E-state index is -0.488. The standard InChI is InChI=1S/C22H32N6O4/c1-21(2,3)32-20(29)27-12-22(13-27)11-26(8-9-30-22)10-15-4-5-17(31-15)28-7-6-16-18(23)24-14-25-19(16)28/h6-7,14-15,17H,4-5,8-13H2,1-3H3,(H2,23,24,25). The van der Waals surface area contributed by atoms with Crippen molar-refractivity contribution >= 4 is 22.9 Å². The SMILES string of the molecule is CC(C)(C)OC(=O)N1CC2(CN(CC3CCC(n4ccc5c(N)ncnc54)O3)CCO2)C1. The fourth-order valence-electron chi connectivity index (χ4n) is 4.91. The second-order valence-electron chi connectivity index (χ2n) is 10.1. The van der Waals surface area contributed by atoms with E-state index in [0.717, 1.165) is 43.5 Å². The van der Waals surface area contributed by atoms with Crippen molar-refractivity contribution in [2.45, 2.75) is 57.1 Å². The van der Waals surface area contributed by atoms with Crippen molar-refractivity contribution in [2.75, 3.05) is 45.1 Å². The molecule has 2 unspecified atom stereocenters. The Labute approximate surface area is 187 Å². The molecule has 10 heteroatoms. The maximum absolute atomic E-state index is 12.3. The van der Waals surface area contributed by atoms with Crippen molar-refractivity contribution in [2.24, 2.45) is 0 Å². The van der Waals surface area contributed by atoms with Crippen LogP contribution in [0.15, 0.2) is 18.6 Å². The van der Waals surface area contributed by atoms with Gasteiger partial charge in [-0.25, -0.2) is 14.8 Å². The van der Waals surface area contributed by atoms with Gasteiger partial charge in [0, 0.05) is 25.8 Å². The van der Waals surface area contributed by atoms with Crippen LogP contribution in [0.25, 0.3) is 11.0 Å². The van der Waals surface area contributed by atoms with Gasteiger partial charge in [-0.2, -0.15) is 0 Å². The summed E-state index contributed by atoms with van der Waals surface area (Å²) in [4.78, 5) is 24.9. The van der Waals surface area contributed by atoms with Crippen LogP contribution in [0.2, 0.25) is 0 Å². The number of morpholine rings is 1. The number of nitrogen functional groups attached to an aromatic ring is 1. The Morgan fingerprint density at radius 2 is 2.09 bits per heavy atom. The highest BCUT2D eigenvalue weighted by Gasteiger charge is 2.50. The lowest BCUT2D eigenvalue weighted by Gasteiger charge is -2.53. The first-order valence-corrected chi connectivity index (χ1v) is 11.3. The zero-order valence-electron chi connectivity index (χ0n) is 19.0. The summed E-state index contributed by atoms with van der Waals surface area (Å²) in [6, 6.07) is 1.94. The lowest BCUT2D eigenvalue weighted by atomic mass is 9.92. The molecule has 1 amide bonds. The molecule has 2 aromatic rings. The zero-order chi connectivity index (χ0) is 22.5. The number of amides is 1. The van der Waals surface area contributed by atoms with Crippen molar-refractivity contribution in [3.63, 3.8) is 0 Å². The molecule has 0 radical (unpaired) electrons. The van der Waals surface area contributed by atoms with Gasteiger partial charge in [-0.3, -0.25) is 4.90 Å². The van der Waals surface area contributed by atoms with Crippen LogP contribution < -0.4 is 5.73 Å². The van der Waals surface area contributed by atoms with Gasteiger partial charge >= 0.3 is 6.09 Å². The number of hydrogen-bond acceptors (Lipinski definition) is 8. The van der Waals surface area contributed by atoms with Crippen LogP contribution in [-0.4, -0.2) is 87.1 Å². The van der Waals surface area contributed by atoms with Crippen LogP contribution in [0.4, 0.5) is 10.6 Å². The van der Waals surface area contributed by atoms with E-state index >= 15 is 0 Å². The average molecular weight is 445 g/mol. The maximum Gasteiger partial charge on any atom is 0.410 e. The summed E-state index contributed by atoms with van der Waals surface area (Å²) in [5.41, 5.74) is 5.99. The van der Waals surface area contributed by atoms with Gasteiger partial charge in [0.05, 0.1) is 31.2 Å². The van der Waals surface area contributed by atoms with E-state index in [2.05, 4.69) is 19.4 Å². The molecule has 0 bridgehead atoms. The number of anilines is 1. The van der Waals surface area contributed by atoms with Gasteiger partial charge in [0.15, 0.2) is 0 Å². The zero-order valence-corrected chi connectivity index (χ0v) is 19.0. The predicted octanol–water partition coefficient (Wildman–Crippen LogP) is 2.01. The smallest absolute Gasteiger partial charge is 0.410 e. The molecule has 5 heterocycles. The van der Waals surface area contributed by atoms with Crippen molar-refractivity contribution in [3.05, 3.63) is 18.6 Å². The Kier molecular flexibility index (Phi) is 5.26. The number of fused-ring (bicyclic) bond motifs is 1. The Morgan fingerprint density at radius 3 is 2.88 bits per heavy atom. The Morgan fingerprint density at radius 1 is 1.28 bits per heavy atom. The molecule has 3 aliphatic rings. The first-order valence-electron chi connectivity index (χ1n) is 11.3. The topological polar surface area (TPSA) is 108 Å². The largest absolute Gasteiger partial charge is 0.444 e. The van der Waals surface area contributed by atoms with Crippen LogP contribution in [0, 0.1) is 0 Å². The number of nitrogens with two attached hydrogens (primary N) is 1. The van der Waals surface area contributed by atoms with Gasteiger partial charge in [0.1, 0.15) is 35.2 Å². The first-order chi connectivity index (χ1) is 15.2. The van der Waals surface area contributed by atoms with Crippen molar-refractivity contribution in [3.8, 4) is 0 Å². The molecule has 3 saturated heterocycles. The molecule has 3 fully saturated rings. The second kappa shape index (κ2) is 7.86. The van der Waals surface area contributed by atoms with Gasteiger partial charge in [0.2, 0.25) is 0 Å². The number of aromatic nitrogens is 3. The molecular weight excluding hydrogens is 412 g/mol. The highest BCUT2D eigenvalue weighted by atomic mass is 16.6. The minimum absolute atomic E-state index is 0.0480. The molecule has 0 aliphatic carbocycles. The van der Waals surface area contributed by atoms with Crippen LogP contribution >= 0.6 is 0 Å². The quantitative estimate of drug-likeness (QED) is 0.766. The van der Waals surface area contributed by atoms with E-state index in [-0.39, 0.29) is 24.0 Å². The van der Waals surface area contributed by atoms with Gasteiger partial charge in [-0.1, -0.05) is 0 Å². The third-order valence-corrected chi connectivity index (χ3v) is 6.33. The van der Waals surface area contributed by atoms with Gasteiger partial charge in [-0.05, 0) is 39.7 Å². The molecule has 10 nitrogen and oxygen atoms in total. The first kappa shape index (κ1) is 21.4. The summed E-state index contributed by atoms with van der Waals surface area (Å²) < 4.78 is 20.0. The van der Waals surface area contributed by atoms with E-state index < -0.39 is 5.60 Å². The third-order valence-electron chi connectivity index (χ3n) is 6.33. The molecule has 174 valence electrons. The lowest BCUT2D eigenvalue weighted by Crippen LogP contribution is -2.71. The monoisotopic (exact) mass is 444 g/mol. The predicted molar refractivity (Wildman–Crippen MR) is 118 cm³/mol. The van der Waals surface area contributed by atoms with E-state index in [1.165, 1.54) is 6.33 Å². The highest BCUT2D eigenvalue weighted by Crippen LogP contribution is 2.34. The number of carbonyl (C=O) groups is 1. The summed E-state index contributed by atoms with van der Waals surface area (Å²) in [7, 11) is 0. The van der Waals surface area contributed by atoms with Crippen LogP contribution in [0.5, 0.6) is 0 Å². The number of rotatable bonds is 3. The molecule has 0 saturated carbocycles. The van der Waals surface area contributed by atoms with Crippen LogP contribution in [0.3, 0.4) is 0 Å². The molecule has 3 aliphatic heterocycles. The third kappa shape index (κ3) is 4.14. The van der Waals surface area contributed by atoms with Crippen LogP contribution in [0.1, 0.15) is 39.8 Å². The molecule has 2 atom stereocenters. The van der Waals surface area contributed by atoms with Crippen molar-refractivity contribution in [1.29, 1.82) is 0 Å². The number of ether oxygens (including phenoxy) is 3. The fourth-order valence-corrected chi connectivity index (χ4v) is 4.91. The Hall–Kier alpha value is -2.43. The highest BCUT2D eigenvalue weighted by molar-refractivity contribution is 5.86. The summed E-state index contributed by atoms with van der Waals surface area (Å²) in [5, 5.41) is 0.856. The van der Waals surface area contributed by atoms with Gasteiger partial charge < -0.3 is 29.4 Å². The average Bonchev–Trinajstić information content (AvgIpc) is 3.32. The van der Waals surface area contributed by atoms with E-state index in [4.69, 9.17) is 19.9 Å². The molecule has 1 spiro atoms. The number of hydrogen-bond donors (Lipinski definition) is 1. The summed E-state index contributed by atoms with van der Waals surface area (Å²) in [6.45, 7) is 9.97. The normalized spacial score (nSPS) is 25.9. The summed E-state index contributed by atoms with van der Waals surface area (Å²) in [5.74, 6) is 0.489. The molecule has 32 heavy (non-hydrogen) atoms. The van der Waals surface area contributed by atoms with Crippen LogP contribution in [-0.2, 0) is 14.2 Å². The minimum Gasteiger partial charge on any atom is -0.444 e. The van der Waals surface area contributed by atoms with E-state index in [1.807, 2.05) is 33.0 Å². The lowest BCUT2D eigenvalue weighted by molar-refractivity contribution is -0.182. The Balaban J connectivity index is 1.15. The number of likely N-dealkylation sites (tertiary alicyclic amines) is 1. The number of carbonyl (C=O) groups excluding carboxylic acids is 1.